The summed E-state index contributed by atoms with van der Waals surface area (Å²) in [4.78, 5) is 0. The smallest absolute Gasteiger partial charge is 0.416 e. The van der Waals surface area contributed by atoms with Crippen molar-refractivity contribution in [1.82, 2.24) is 0 Å². The largest absolute Gasteiger partial charge is 0.489 e. The molecule has 0 spiro atoms. The molecule has 0 atom stereocenters. The topological polar surface area (TPSA) is 35.2 Å². The van der Waals surface area contributed by atoms with Crippen molar-refractivity contribution >= 4 is 0 Å². The average molecular weight is 281 g/mol. The van der Waals surface area contributed by atoms with Crippen LogP contribution in [0.1, 0.15) is 16.7 Å². The minimum Gasteiger partial charge on any atom is -0.489 e. The molecule has 0 bridgehead atoms. The van der Waals surface area contributed by atoms with Crippen molar-refractivity contribution in [3.05, 3.63) is 65.2 Å². The Bertz CT molecular complexity index is 567. The van der Waals surface area contributed by atoms with Gasteiger partial charge in [-0.25, -0.2) is 0 Å². The zero-order chi connectivity index (χ0) is 14.6. The van der Waals surface area contributed by atoms with Crippen LogP contribution in [-0.4, -0.2) is 0 Å². The van der Waals surface area contributed by atoms with Gasteiger partial charge in [0.15, 0.2) is 0 Å². The fourth-order valence-corrected chi connectivity index (χ4v) is 1.83. The predicted molar refractivity (Wildman–Crippen MR) is 70.1 cm³/mol. The molecule has 2 aromatic carbocycles. The molecule has 2 N–H and O–H groups in total. The van der Waals surface area contributed by atoms with Gasteiger partial charge >= 0.3 is 6.18 Å². The number of hydrogen-bond donors (Lipinski definition) is 1. The van der Waals surface area contributed by atoms with Gasteiger partial charge in [0.2, 0.25) is 0 Å². The molecule has 0 saturated carbocycles. The number of ether oxygens (including phenoxy) is 1. The molecule has 0 aliphatic heterocycles. The van der Waals surface area contributed by atoms with Gasteiger partial charge in [0.25, 0.3) is 0 Å². The van der Waals surface area contributed by atoms with Crippen LogP contribution in [0.5, 0.6) is 5.75 Å². The van der Waals surface area contributed by atoms with Gasteiger partial charge in [-0.15, -0.1) is 0 Å². The van der Waals surface area contributed by atoms with E-state index in [2.05, 4.69) is 0 Å². The molecule has 2 rings (SSSR count). The van der Waals surface area contributed by atoms with E-state index in [0.29, 0.717) is 0 Å². The molecule has 0 aliphatic carbocycles. The summed E-state index contributed by atoms with van der Waals surface area (Å²) in [7, 11) is 0. The van der Waals surface area contributed by atoms with E-state index in [1.807, 2.05) is 30.3 Å². The van der Waals surface area contributed by atoms with Crippen LogP contribution in [0, 0.1) is 0 Å². The van der Waals surface area contributed by atoms with Crippen LogP contribution in [0.2, 0.25) is 0 Å². The van der Waals surface area contributed by atoms with Crippen LogP contribution in [-0.2, 0) is 19.3 Å². The highest BCUT2D eigenvalue weighted by Crippen LogP contribution is 2.34. The molecule has 0 radical (unpaired) electrons. The van der Waals surface area contributed by atoms with Crippen LogP contribution in [0.15, 0.2) is 48.5 Å². The van der Waals surface area contributed by atoms with E-state index in [4.69, 9.17) is 10.5 Å². The Hall–Kier alpha value is -2.01. The van der Waals surface area contributed by atoms with E-state index in [9.17, 15) is 13.2 Å². The molecular formula is C15H14F3NO. The molecule has 0 aliphatic rings. The molecule has 0 amide bonds. The van der Waals surface area contributed by atoms with Gasteiger partial charge in [-0.1, -0.05) is 36.4 Å². The third-order valence-electron chi connectivity index (χ3n) is 2.85. The van der Waals surface area contributed by atoms with Gasteiger partial charge in [0.05, 0.1) is 5.56 Å². The Labute approximate surface area is 115 Å². The molecule has 20 heavy (non-hydrogen) atoms. The number of hydrogen-bond acceptors (Lipinski definition) is 2. The second kappa shape index (κ2) is 5.96. The van der Waals surface area contributed by atoms with Crippen LogP contribution in [0.25, 0.3) is 0 Å². The zero-order valence-electron chi connectivity index (χ0n) is 10.7. The highest BCUT2D eigenvalue weighted by Gasteiger charge is 2.33. The van der Waals surface area contributed by atoms with Crippen molar-refractivity contribution in [2.45, 2.75) is 19.3 Å². The van der Waals surface area contributed by atoms with Crippen molar-refractivity contribution in [2.24, 2.45) is 5.73 Å². The van der Waals surface area contributed by atoms with Crippen molar-refractivity contribution in [3.8, 4) is 5.75 Å². The minimum absolute atomic E-state index is 0.0598. The third-order valence-corrected chi connectivity index (χ3v) is 2.85. The van der Waals surface area contributed by atoms with Gasteiger partial charge in [-0.3, -0.25) is 0 Å². The van der Waals surface area contributed by atoms with E-state index in [0.717, 1.165) is 11.6 Å². The summed E-state index contributed by atoms with van der Waals surface area (Å²) in [6, 6.07) is 13.1. The van der Waals surface area contributed by atoms with E-state index < -0.39 is 11.7 Å². The van der Waals surface area contributed by atoms with E-state index >= 15 is 0 Å². The third kappa shape index (κ3) is 3.51. The fraction of sp³-hybridized carbons (Fsp3) is 0.200. The Morgan fingerprint density at radius 2 is 1.70 bits per heavy atom. The number of alkyl halides is 3. The lowest BCUT2D eigenvalue weighted by molar-refractivity contribution is -0.138. The number of halogens is 3. The first-order valence-corrected chi connectivity index (χ1v) is 6.07. The molecule has 0 heterocycles. The zero-order valence-corrected chi connectivity index (χ0v) is 10.7. The standard InChI is InChI=1S/C15H14F3NO/c16-15(17,18)14-8-13(7-6-12(14)9-19)20-10-11-4-2-1-3-5-11/h1-8H,9-10,19H2. The molecule has 2 nitrogen and oxygen atoms in total. The molecule has 106 valence electrons. The summed E-state index contributed by atoms with van der Waals surface area (Å²) >= 11 is 0. The molecule has 0 aromatic heterocycles. The Balaban J connectivity index is 2.17. The second-order valence-electron chi connectivity index (χ2n) is 4.30. The molecule has 2 aromatic rings. The lowest BCUT2D eigenvalue weighted by Gasteiger charge is -2.14. The highest BCUT2D eigenvalue weighted by molar-refractivity contribution is 5.37. The molecule has 0 saturated heterocycles. The van der Waals surface area contributed by atoms with Gasteiger partial charge < -0.3 is 10.5 Å². The molecule has 5 heteroatoms. The summed E-state index contributed by atoms with van der Waals surface area (Å²) in [5.74, 6) is 0.179. The maximum absolute atomic E-state index is 12.9. The van der Waals surface area contributed by atoms with Crippen LogP contribution < -0.4 is 10.5 Å². The lowest BCUT2D eigenvalue weighted by atomic mass is 10.1. The second-order valence-corrected chi connectivity index (χ2v) is 4.30. The van der Waals surface area contributed by atoms with Crippen LogP contribution in [0.4, 0.5) is 13.2 Å². The van der Waals surface area contributed by atoms with E-state index in [-0.39, 0.29) is 24.5 Å². The Morgan fingerprint density at radius 1 is 1.00 bits per heavy atom. The number of benzene rings is 2. The van der Waals surface area contributed by atoms with Gasteiger partial charge in [0.1, 0.15) is 12.4 Å². The van der Waals surface area contributed by atoms with Gasteiger partial charge in [-0.2, -0.15) is 13.2 Å². The van der Waals surface area contributed by atoms with Crippen LogP contribution in [0.3, 0.4) is 0 Å². The van der Waals surface area contributed by atoms with E-state index in [1.54, 1.807) is 0 Å². The van der Waals surface area contributed by atoms with Crippen molar-refractivity contribution < 1.29 is 17.9 Å². The fourth-order valence-electron chi connectivity index (χ4n) is 1.83. The van der Waals surface area contributed by atoms with E-state index in [1.165, 1.54) is 12.1 Å². The maximum atomic E-state index is 12.9. The van der Waals surface area contributed by atoms with Gasteiger partial charge in [-0.05, 0) is 23.3 Å². The van der Waals surface area contributed by atoms with Gasteiger partial charge in [0, 0.05) is 6.54 Å². The minimum atomic E-state index is -4.43. The summed E-state index contributed by atoms with van der Waals surface area (Å²) in [6.07, 6.45) is -4.43. The first kappa shape index (κ1) is 14.4. The molecular weight excluding hydrogens is 267 g/mol. The number of nitrogens with two attached hydrogens (primary N) is 1. The summed E-state index contributed by atoms with van der Waals surface area (Å²) in [6.45, 7) is 0.0634. The molecule has 0 fully saturated rings. The first-order chi connectivity index (χ1) is 9.50. The van der Waals surface area contributed by atoms with Crippen molar-refractivity contribution in [2.75, 3.05) is 0 Å². The lowest BCUT2D eigenvalue weighted by Crippen LogP contribution is -2.12. The summed E-state index contributed by atoms with van der Waals surface area (Å²) < 4.78 is 44.0. The number of rotatable bonds is 4. The van der Waals surface area contributed by atoms with Crippen molar-refractivity contribution in [1.29, 1.82) is 0 Å². The summed E-state index contributed by atoms with van der Waals surface area (Å²) in [5, 5.41) is 0. The van der Waals surface area contributed by atoms with Crippen molar-refractivity contribution in [3.63, 3.8) is 0 Å². The summed E-state index contributed by atoms with van der Waals surface area (Å²) in [5.41, 5.74) is 5.53. The predicted octanol–water partition coefficient (Wildman–Crippen LogP) is 3.74. The monoisotopic (exact) mass is 281 g/mol. The van der Waals surface area contributed by atoms with Crippen LogP contribution >= 0.6 is 0 Å². The first-order valence-electron chi connectivity index (χ1n) is 6.07. The SMILES string of the molecule is NCc1ccc(OCc2ccccc2)cc1C(F)(F)F. The Kier molecular flexibility index (Phi) is 4.29. The quantitative estimate of drug-likeness (QED) is 0.926. The maximum Gasteiger partial charge on any atom is 0.416 e. The Morgan fingerprint density at radius 3 is 2.30 bits per heavy atom. The highest BCUT2D eigenvalue weighted by atomic mass is 19.4. The average Bonchev–Trinajstić information content (AvgIpc) is 2.45. The normalized spacial score (nSPS) is 11.4. The molecule has 0 unspecified atom stereocenters.